The highest BCUT2D eigenvalue weighted by molar-refractivity contribution is 5.30. The largest absolute Gasteiger partial charge is 0.318 e. The van der Waals surface area contributed by atoms with Gasteiger partial charge in [0.05, 0.1) is 20.1 Å². The van der Waals surface area contributed by atoms with Crippen molar-refractivity contribution in [1.82, 2.24) is 0 Å². The summed E-state index contributed by atoms with van der Waals surface area (Å²) in [4.78, 5) is 0. The van der Waals surface area contributed by atoms with Crippen LogP contribution in [0.25, 0.3) is 0 Å². The van der Waals surface area contributed by atoms with E-state index in [1.165, 1.54) is 62.5 Å². The van der Waals surface area contributed by atoms with Gasteiger partial charge in [-0.1, -0.05) is 5.57 Å². The van der Waals surface area contributed by atoms with Gasteiger partial charge in [-0.05, 0) is 44.6 Å². The van der Waals surface area contributed by atoms with Gasteiger partial charge in [-0.25, -0.2) is 0 Å². The van der Waals surface area contributed by atoms with E-state index in [1.807, 2.05) is 11.1 Å². The fraction of sp³-hybridized carbons (Fsp3) is 0.857. The second-order valence-corrected chi connectivity index (χ2v) is 6.26. The van der Waals surface area contributed by atoms with E-state index in [4.69, 9.17) is 0 Å². The summed E-state index contributed by atoms with van der Waals surface area (Å²) in [7, 11) is 2.52. The van der Waals surface area contributed by atoms with Crippen molar-refractivity contribution in [1.29, 1.82) is 0 Å². The van der Waals surface area contributed by atoms with Crippen molar-refractivity contribution in [3.05, 3.63) is 11.1 Å². The Morgan fingerprint density at radius 2 is 1.87 bits per heavy atom. The van der Waals surface area contributed by atoms with Crippen LogP contribution in [0.15, 0.2) is 11.1 Å². The SMILES string of the molecule is C[C@@]12CCCC[N@@+]1(C)CCC1=C2CCC1. The molecule has 0 radical (unpaired) electrons. The van der Waals surface area contributed by atoms with Crippen LogP contribution in [0.4, 0.5) is 0 Å². The number of rotatable bonds is 0. The molecule has 0 spiro atoms. The number of nitrogens with zero attached hydrogens (tertiary/aromatic N) is 1. The van der Waals surface area contributed by atoms with Gasteiger partial charge in [-0.3, -0.25) is 0 Å². The monoisotopic (exact) mass is 206 g/mol. The first-order valence-electron chi connectivity index (χ1n) is 6.72. The summed E-state index contributed by atoms with van der Waals surface area (Å²) in [5.41, 5.74) is 4.27. The predicted octanol–water partition coefficient (Wildman–Crippen LogP) is 3.26. The molecule has 0 bridgehead atoms. The van der Waals surface area contributed by atoms with E-state index in [0.717, 1.165) is 0 Å². The first-order chi connectivity index (χ1) is 7.16. The molecule has 1 nitrogen and oxygen atoms in total. The molecular formula is C14H24N+. The Balaban J connectivity index is 2.05. The van der Waals surface area contributed by atoms with Gasteiger partial charge >= 0.3 is 0 Å². The second kappa shape index (κ2) is 3.10. The van der Waals surface area contributed by atoms with Crippen molar-refractivity contribution in [2.75, 3.05) is 20.1 Å². The van der Waals surface area contributed by atoms with E-state index >= 15 is 0 Å². The molecule has 15 heavy (non-hydrogen) atoms. The molecule has 0 N–H and O–H groups in total. The zero-order chi connectivity index (χ0) is 10.5. The van der Waals surface area contributed by atoms with Crippen LogP contribution in [0.1, 0.15) is 51.9 Å². The quantitative estimate of drug-likeness (QED) is 0.421. The van der Waals surface area contributed by atoms with Crippen LogP contribution in [0, 0.1) is 0 Å². The molecule has 1 fully saturated rings. The van der Waals surface area contributed by atoms with E-state index < -0.39 is 0 Å². The molecule has 2 atom stereocenters. The zero-order valence-electron chi connectivity index (χ0n) is 10.3. The third-order valence-electron chi connectivity index (χ3n) is 5.65. The van der Waals surface area contributed by atoms with Crippen molar-refractivity contribution in [3.8, 4) is 0 Å². The Bertz CT molecular complexity index is 317. The highest BCUT2D eigenvalue weighted by Crippen LogP contribution is 2.49. The van der Waals surface area contributed by atoms with Gasteiger partial charge in [0.15, 0.2) is 0 Å². The summed E-state index contributed by atoms with van der Waals surface area (Å²) in [6.07, 6.45) is 10.0. The van der Waals surface area contributed by atoms with E-state index in [0.29, 0.717) is 5.54 Å². The summed E-state index contributed by atoms with van der Waals surface area (Å²) >= 11 is 0. The minimum atomic E-state index is 0.530. The summed E-state index contributed by atoms with van der Waals surface area (Å²) in [5, 5.41) is 0. The predicted molar refractivity (Wildman–Crippen MR) is 63.7 cm³/mol. The minimum Gasteiger partial charge on any atom is -0.318 e. The first-order valence-corrected chi connectivity index (χ1v) is 6.72. The maximum atomic E-state index is 2.56. The molecule has 1 heteroatoms. The highest BCUT2D eigenvalue weighted by Gasteiger charge is 2.52. The van der Waals surface area contributed by atoms with E-state index in [1.54, 1.807) is 0 Å². The number of quaternary nitrogens is 1. The standard InChI is InChI=1S/C14H24N/c1-14-9-3-4-10-15(14,2)11-8-12-6-5-7-13(12)14/h3-11H2,1-2H3/q+1/t14-,15-/m0/s1. The van der Waals surface area contributed by atoms with Crippen LogP contribution < -0.4 is 0 Å². The van der Waals surface area contributed by atoms with Crippen LogP contribution in [-0.4, -0.2) is 30.2 Å². The van der Waals surface area contributed by atoms with Crippen LogP contribution in [0.5, 0.6) is 0 Å². The van der Waals surface area contributed by atoms with Gasteiger partial charge in [0.2, 0.25) is 0 Å². The molecule has 0 unspecified atom stereocenters. The fourth-order valence-electron chi connectivity index (χ4n) is 4.40. The number of piperidine rings is 1. The summed E-state index contributed by atoms with van der Waals surface area (Å²) in [6.45, 7) is 5.40. The molecule has 2 aliphatic heterocycles. The van der Waals surface area contributed by atoms with E-state index in [9.17, 15) is 0 Å². The van der Waals surface area contributed by atoms with Gasteiger partial charge in [0.25, 0.3) is 0 Å². The molecule has 0 aromatic carbocycles. The van der Waals surface area contributed by atoms with E-state index in [-0.39, 0.29) is 0 Å². The van der Waals surface area contributed by atoms with E-state index in [2.05, 4.69) is 14.0 Å². The molecule has 0 aromatic rings. The molecule has 1 aliphatic carbocycles. The highest BCUT2D eigenvalue weighted by atomic mass is 15.4. The number of hydrogen-bond donors (Lipinski definition) is 0. The lowest BCUT2D eigenvalue weighted by atomic mass is 9.74. The van der Waals surface area contributed by atoms with Crippen molar-refractivity contribution in [2.45, 2.75) is 57.4 Å². The molecule has 84 valence electrons. The van der Waals surface area contributed by atoms with Crippen LogP contribution >= 0.6 is 0 Å². The molecule has 3 rings (SSSR count). The third kappa shape index (κ3) is 1.19. The minimum absolute atomic E-state index is 0.530. The number of fused-ring (bicyclic) bond motifs is 2. The van der Waals surface area contributed by atoms with Gasteiger partial charge in [-0.2, -0.15) is 0 Å². The lowest BCUT2D eigenvalue weighted by molar-refractivity contribution is -0.958. The smallest absolute Gasteiger partial charge is 0.118 e. The molecular weight excluding hydrogens is 182 g/mol. The Labute approximate surface area is 93.7 Å². The average molecular weight is 206 g/mol. The van der Waals surface area contributed by atoms with Gasteiger partial charge in [0.1, 0.15) is 5.54 Å². The van der Waals surface area contributed by atoms with Crippen molar-refractivity contribution < 1.29 is 4.48 Å². The molecule has 2 heterocycles. The molecule has 1 saturated heterocycles. The summed E-state index contributed by atoms with van der Waals surface area (Å²) in [5.74, 6) is 0. The Hall–Kier alpha value is -0.300. The van der Waals surface area contributed by atoms with Crippen LogP contribution in [0.2, 0.25) is 0 Å². The van der Waals surface area contributed by atoms with Crippen molar-refractivity contribution >= 4 is 0 Å². The van der Waals surface area contributed by atoms with Crippen LogP contribution in [0.3, 0.4) is 0 Å². The average Bonchev–Trinajstić information content (AvgIpc) is 2.68. The second-order valence-electron chi connectivity index (χ2n) is 6.26. The Morgan fingerprint density at radius 1 is 1.00 bits per heavy atom. The van der Waals surface area contributed by atoms with Gasteiger partial charge in [-0.15, -0.1) is 0 Å². The maximum absolute atomic E-state index is 2.56. The molecule has 0 amide bonds. The zero-order valence-corrected chi connectivity index (χ0v) is 10.3. The summed E-state index contributed by atoms with van der Waals surface area (Å²) in [6, 6.07) is 0. The van der Waals surface area contributed by atoms with Gasteiger partial charge < -0.3 is 4.48 Å². The normalized spacial score (nSPS) is 45.2. The van der Waals surface area contributed by atoms with Crippen molar-refractivity contribution in [3.63, 3.8) is 0 Å². The summed E-state index contributed by atoms with van der Waals surface area (Å²) < 4.78 is 1.35. The maximum Gasteiger partial charge on any atom is 0.118 e. The molecule has 3 aliphatic rings. The number of likely N-dealkylation sites (N-methyl/N-ethyl adjacent to an activating group) is 1. The first kappa shape index (κ1) is 9.89. The topological polar surface area (TPSA) is 0 Å². The Kier molecular flexibility index (Phi) is 2.04. The molecule has 0 saturated carbocycles. The third-order valence-corrected chi connectivity index (χ3v) is 5.65. The van der Waals surface area contributed by atoms with Crippen molar-refractivity contribution in [2.24, 2.45) is 0 Å². The fourth-order valence-corrected chi connectivity index (χ4v) is 4.40. The Morgan fingerprint density at radius 3 is 2.73 bits per heavy atom. The lowest BCUT2D eigenvalue weighted by Gasteiger charge is -2.56. The molecule has 0 aromatic heterocycles. The van der Waals surface area contributed by atoms with Gasteiger partial charge in [0, 0.05) is 12.8 Å². The lowest BCUT2D eigenvalue weighted by Crippen LogP contribution is -2.65. The van der Waals surface area contributed by atoms with Crippen LogP contribution in [-0.2, 0) is 0 Å². The number of hydrogen-bond acceptors (Lipinski definition) is 0.